The second-order valence-electron chi connectivity index (χ2n) is 7.46. The number of anilines is 1. The lowest BCUT2D eigenvalue weighted by atomic mass is 10.2. The summed E-state index contributed by atoms with van der Waals surface area (Å²) in [5.41, 5.74) is 1.88. The number of halogens is 2. The van der Waals surface area contributed by atoms with Crippen molar-refractivity contribution >= 4 is 34.9 Å². The van der Waals surface area contributed by atoms with Crippen LogP contribution in [0.25, 0.3) is 5.69 Å². The molecule has 7 nitrogen and oxygen atoms in total. The summed E-state index contributed by atoms with van der Waals surface area (Å²) >= 11 is 12.4. The molecule has 0 N–H and O–H groups in total. The third-order valence-corrected chi connectivity index (χ3v) is 6.08. The summed E-state index contributed by atoms with van der Waals surface area (Å²) in [4.78, 5) is 29.5. The van der Waals surface area contributed by atoms with Crippen molar-refractivity contribution in [1.82, 2.24) is 14.7 Å². The quantitative estimate of drug-likeness (QED) is 0.528. The lowest BCUT2D eigenvalue weighted by molar-refractivity contribution is 0.0600. The van der Waals surface area contributed by atoms with E-state index in [1.807, 2.05) is 24.3 Å². The minimum Gasteiger partial charge on any atom is -0.465 e. The highest BCUT2D eigenvalue weighted by atomic mass is 35.5. The maximum Gasteiger partial charge on any atom is 0.340 e. The van der Waals surface area contributed by atoms with Gasteiger partial charge in [0.1, 0.15) is 5.02 Å². The topological polar surface area (TPSA) is 67.7 Å². The van der Waals surface area contributed by atoms with Crippen LogP contribution in [0.1, 0.15) is 15.9 Å². The minimum absolute atomic E-state index is 0.0748. The van der Waals surface area contributed by atoms with Crippen LogP contribution in [0.3, 0.4) is 0 Å². The van der Waals surface area contributed by atoms with Gasteiger partial charge in [0.05, 0.1) is 30.2 Å². The molecule has 2 aromatic carbocycles. The van der Waals surface area contributed by atoms with E-state index >= 15 is 0 Å². The van der Waals surface area contributed by atoms with Crippen LogP contribution in [0.5, 0.6) is 0 Å². The molecule has 0 amide bonds. The summed E-state index contributed by atoms with van der Waals surface area (Å²) in [6, 6.07) is 14.5. The van der Waals surface area contributed by atoms with Gasteiger partial charge in [-0.3, -0.25) is 9.69 Å². The summed E-state index contributed by atoms with van der Waals surface area (Å²) in [7, 11) is 1.29. The van der Waals surface area contributed by atoms with Crippen molar-refractivity contribution in [3.05, 3.63) is 86.3 Å². The van der Waals surface area contributed by atoms with Gasteiger partial charge in [0.2, 0.25) is 0 Å². The standard InChI is InChI=1S/C23H22Cl2N4O3/c1-32-23(31)18-4-2-3-5-19(18)29-22(30)21(25)20(14-26-29)28-12-10-27(11-13-28)15-16-6-8-17(24)9-7-16/h2-9,14H,10-13,15H2,1H3. The third-order valence-electron chi connectivity index (χ3n) is 5.47. The van der Waals surface area contributed by atoms with Crippen LogP contribution in [-0.4, -0.2) is 53.9 Å². The Morgan fingerprint density at radius 1 is 1.00 bits per heavy atom. The largest absolute Gasteiger partial charge is 0.465 e. The van der Waals surface area contributed by atoms with Gasteiger partial charge in [-0.25, -0.2) is 4.79 Å². The zero-order valence-corrected chi connectivity index (χ0v) is 19.0. The predicted molar refractivity (Wildman–Crippen MR) is 125 cm³/mol. The van der Waals surface area contributed by atoms with Crippen LogP contribution >= 0.6 is 23.2 Å². The molecule has 3 aromatic rings. The van der Waals surface area contributed by atoms with Crippen LogP contribution < -0.4 is 10.5 Å². The Morgan fingerprint density at radius 2 is 1.69 bits per heavy atom. The van der Waals surface area contributed by atoms with E-state index in [2.05, 4.69) is 14.9 Å². The Bertz CT molecular complexity index is 1170. The molecule has 0 bridgehead atoms. The van der Waals surface area contributed by atoms with Gasteiger partial charge in [0.25, 0.3) is 5.56 Å². The van der Waals surface area contributed by atoms with E-state index in [-0.39, 0.29) is 10.6 Å². The van der Waals surface area contributed by atoms with Gasteiger partial charge in [-0.15, -0.1) is 0 Å². The minimum atomic E-state index is -0.550. The molecule has 4 rings (SSSR count). The Hall–Kier alpha value is -2.87. The summed E-state index contributed by atoms with van der Waals surface area (Å²) in [6.07, 6.45) is 1.58. The fourth-order valence-corrected chi connectivity index (χ4v) is 4.13. The smallest absolute Gasteiger partial charge is 0.340 e. The fraction of sp³-hybridized carbons (Fsp3) is 0.261. The first-order chi connectivity index (χ1) is 15.5. The predicted octanol–water partition coefficient (Wildman–Crippen LogP) is 3.65. The molecular weight excluding hydrogens is 451 g/mol. The summed E-state index contributed by atoms with van der Waals surface area (Å²) in [5.74, 6) is -0.550. The van der Waals surface area contributed by atoms with Gasteiger partial charge < -0.3 is 9.64 Å². The number of esters is 1. The van der Waals surface area contributed by atoms with Gasteiger partial charge in [0, 0.05) is 37.7 Å². The fourth-order valence-electron chi connectivity index (χ4n) is 3.75. The molecular formula is C23H22Cl2N4O3. The van der Waals surface area contributed by atoms with Gasteiger partial charge in [-0.1, -0.05) is 47.5 Å². The molecule has 2 heterocycles. The number of hydrogen-bond donors (Lipinski definition) is 0. The first-order valence-corrected chi connectivity index (χ1v) is 10.9. The second kappa shape index (κ2) is 9.73. The molecule has 0 atom stereocenters. The number of carbonyl (C=O) groups excluding carboxylic acids is 1. The Morgan fingerprint density at radius 3 is 2.38 bits per heavy atom. The van der Waals surface area contributed by atoms with Crippen molar-refractivity contribution in [2.45, 2.75) is 6.54 Å². The first kappa shape index (κ1) is 22.3. The highest BCUT2D eigenvalue weighted by Gasteiger charge is 2.23. The third kappa shape index (κ3) is 4.65. The van der Waals surface area contributed by atoms with Crippen molar-refractivity contribution < 1.29 is 9.53 Å². The monoisotopic (exact) mass is 472 g/mol. The molecule has 32 heavy (non-hydrogen) atoms. The van der Waals surface area contributed by atoms with E-state index in [0.717, 1.165) is 42.4 Å². The average molecular weight is 473 g/mol. The number of aromatic nitrogens is 2. The van der Waals surface area contributed by atoms with Crippen molar-refractivity contribution in [2.75, 3.05) is 38.2 Å². The highest BCUT2D eigenvalue weighted by Crippen LogP contribution is 2.24. The van der Waals surface area contributed by atoms with E-state index in [0.29, 0.717) is 11.4 Å². The summed E-state index contributed by atoms with van der Waals surface area (Å²) in [5, 5.41) is 5.10. The van der Waals surface area contributed by atoms with Gasteiger partial charge in [-0.05, 0) is 29.8 Å². The number of methoxy groups -OCH3 is 1. The lowest BCUT2D eigenvalue weighted by Crippen LogP contribution is -2.46. The molecule has 0 spiro atoms. The van der Waals surface area contributed by atoms with Crippen LogP contribution in [0.15, 0.2) is 59.5 Å². The SMILES string of the molecule is COC(=O)c1ccccc1-n1ncc(N2CCN(Cc3ccc(Cl)cc3)CC2)c(Cl)c1=O. The lowest BCUT2D eigenvalue weighted by Gasteiger charge is -2.36. The number of piperazine rings is 1. The van der Waals surface area contributed by atoms with Crippen molar-refractivity contribution in [3.8, 4) is 5.69 Å². The van der Waals surface area contributed by atoms with Gasteiger partial charge in [-0.2, -0.15) is 9.78 Å². The van der Waals surface area contributed by atoms with E-state index < -0.39 is 11.5 Å². The van der Waals surface area contributed by atoms with Gasteiger partial charge in [0.15, 0.2) is 0 Å². The number of carbonyl (C=O) groups is 1. The zero-order valence-electron chi connectivity index (χ0n) is 17.5. The molecule has 0 saturated carbocycles. The molecule has 1 saturated heterocycles. The van der Waals surface area contributed by atoms with Crippen LogP contribution in [-0.2, 0) is 11.3 Å². The molecule has 0 unspecified atom stereocenters. The molecule has 166 valence electrons. The first-order valence-electron chi connectivity index (χ1n) is 10.1. The number of rotatable bonds is 5. The highest BCUT2D eigenvalue weighted by molar-refractivity contribution is 6.33. The van der Waals surface area contributed by atoms with E-state index in [9.17, 15) is 9.59 Å². The van der Waals surface area contributed by atoms with Crippen LogP contribution in [0, 0.1) is 0 Å². The normalized spacial score (nSPS) is 14.4. The number of para-hydroxylation sites is 1. The van der Waals surface area contributed by atoms with Crippen molar-refractivity contribution in [3.63, 3.8) is 0 Å². The molecule has 1 aromatic heterocycles. The Balaban J connectivity index is 1.51. The molecule has 0 aliphatic carbocycles. The molecule has 0 radical (unpaired) electrons. The molecule has 1 aliphatic rings. The van der Waals surface area contributed by atoms with E-state index in [1.54, 1.807) is 30.5 Å². The zero-order chi connectivity index (χ0) is 22.7. The molecule has 9 heteroatoms. The number of ether oxygens (including phenoxy) is 1. The molecule has 1 fully saturated rings. The van der Waals surface area contributed by atoms with Crippen molar-refractivity contribution in [2.24, 2.45) is 0 Å². The maximum atomic E-state index is 13.0. The van der Waals surface area contributed by atoms with E-state index in [1.165, 1.54) is 12.7 Å². The average Bonchev–Trinajstić information content (AvgIpc) is 2.82. The molecule has 1 aliphatic heterocycles. The summed E-state index contributed by atoms with van der Waals surface area (Å²) in [6.45, 7) is 3.93. The Kier molecular flexibility index (Phi) is 6.79. The van der Waals surface area contributed by atoms with Gasteiger partial charge >= 0.3 is 5.97 Å². The maximum absolute atomic E-state index is 13.0. The van der Waals surface area contributed by atoms with Crippen LogP contribution in [0.2, 0.25) is 10.0 Å². The second-order valence-corrected chi connectivity index (χ2v) is 8.27. The van der Waals surface area contributed by atoms with Crippen molar-refractivity contribution in [1.29, 1.82) is 0 Å². The Labute approximate surface area is 195 Å². The van der Waals surface area contributed by atoms with Crippen LogP contribution in [0.4, 0.5) is 5.69 Å². The summed E-state index contributed by atoms with van der Waals surface area (Å²) < 4.78 is 5.95. The number of hydrogen-bond acceptors (Lipinski definition) is 6. The van der Waals surface area contributed by atoms with E-state index in [4.69, 9.17) is 27.9 Å². The number of nitrogens with zero attached hydrogens (tertiary/aromatic N) is 4. The number of benzene rings is 2.